The molecule has 0 bridgehead atoms. The van der Waals surface area contributed by atoms with Crippen molar-refractivity contribution in [1.29, 1.82) is 0 Å². The molecule has 3 heteroatoms. The molecule has 1 aliphatic heterocycles. The number of carbonyl (C=O) groups is 1. The molecule has 0 spiro atoms. The Balaban J connectivity index is 1.74. The molecule has 1 saturated heterocycles. The topological polar surface area (TPSA) is 29.5 Å². The number of aryl methyl sites for hydroxylation is 1. The summed E-state index contributed by atoms with van der Waals surface area (Å²) in [7, 11) is 0. The molecular weight excluding hydrogens is 286 g/mol. The summed E-state index contributed by atoms with van der Waals surface area (Å²) < 4.78 is 6.00. The molecule has 0 amide bonds. The van der Waals surface area contributed by atoms with Crippen LogP contribution >= 0.6 is 0 Å². The highest BCUT2D eigenvalue weighted by atomic mass is 16.5. The molecule has 1 heterocycles. The lowest BCUT2D eigenvalue weighted by Gasteiger charge is -2.41. The maximum absolute atomic E-state index is 12.3. The Morgan fingerprint density at radius 2 is 1.91 bits per heavy atom. The SMILES string of the molecule is CCOC1(CC)CCN(CCCC(=O)c2ccccc2C)CC1. The predicted molar refractivity (Wildman–Crippen MR) is 95.1 cm³/mol. The van der Waals surface area contributed by atoms with E-state index in [1.165, 1.54) is 0 Å². The molecule has 1 aromatic carbocycles. The second-order valence-electron chi connectivity index (χ2n) is 6.65. The summed E-state index contributed by atoms with van der Waals surface area (Å²) in [6, 6.07) is 7.88. The van der Waals surface area contributed by atoms with E-state index in [0.29, 0.717) is 6.42 Å². The van der Waals surface area contributed by atoms with Crippen LogP contribution in [0.3, 0.4) is 0 Å². The Morgan fingerprint density at radius 1 is 1.22 bits per heavy atom. The molecule has 0 aromatic heterocycles. The third kappa shape index (κ3) is 4.89. The van der Waals surface area contributed by atoms with Crippen molar-refractivity contribution in [3.8, 4) is 0 Å². The van der Waals surface area contributed by atoms with Gasteiger partial charge in [-0.1, -0.05) is 31.2 Å². The first kappa shape index (κ1) is 18.2. The second-order valence-corrected chi connectivity index (χ2v) is 6.65. The maximum Gasteiger partial charge on any atom is 0.163 e. The molecule has 1 aliphatic rings. The average Bonchev–Trinajstić information content (AvgIpc) is 2.57. The van der Waals surface area contributed by atoms with Crippen LogP contribution in [0.1, 0.15) is 61.9 Å². The van der Waals surface area contributed by atoms with Crippen molar-refractivity contribution >= 4 is 5.78 Å². The van der Waals surface area contributed by atoms with Gasteiger partial charge in [-0.2, -0.15) is 0 Å². The van der Waals surface area contributed by atoms with Crippen LogP contribution in [0.4, 0.5) is 0 Å². The van der Waals surface area contributed by atoms with Gasteiger partial charge in [-0.15, -0.1) is 0 Å². The number of ether oxygens (including phenoxy) is 1. The molecule has 0 unspecified atom stereocenters. The summed E-state index contributed by atoms with van der Waals surface area (Å²) >= 11 is 0. The highest BCUT2D eigenvalue weighted by Crippen LogP contribution is 2.29. The number of nitrogens with zero attached hydrogens (tertiary/aromatic N) is 1. The molecule has 0 N–H and O–H groups in total. The van der Waals surface area contributed by atoms with Crippen molar-refractivity contribution in [2.24, 2.45) is 0 Å². The molecule has 128 valence electrons. The quantitative estimate of drug-likeness (QED) is 0.672. The zero-order valence-electron chi connectivity index (χ0n) is 14.9. The van der Waals surface area contributed by atoms with Gasteiger partial charge in [0, 0.05) is 31.7 Å². The van der Waals surface area contributed by atoms with E-state index in [0.717, 1.165) is 63.1 Å². The number of carbonyl (C=O) groups excluding carboxylic acids is 1. The van der Waals surface area contributed by atoms with Gasteiger partial charge in [0.15, 0.2) is 5.78 Å². The normalized spacial score (nSPS) is 18.0. The van der Waals surface area contributed by atoms with Gasteiger partial charge in [0.25, 0.3) is 0 Å². The Morgan fingerprint density at radius 3 is 2.52 bits per heavy atom. The van der Waals surface area contributed by atoms with E-state index in [1.807, 2.05) is 31.2 Å². The first-order chi connectivity index (χ1) is 11.1. The first-order valence-corrected chi connectivity index (χ1v) is 9.05. The van der Waals surface area contributed by atoms with Crippen LogP contribution < -0.4 is 0 Å². The molecule has 3 nitrogen and oxygen atoms in total. The van der Waals surface area contributed by atoms with Gasteiger partial charge in [-0.05, 0) is 51.6 Å². The molecule has 0 saturated carbocycles. The Hall–Kier alpha value is -1.19. The van der Waals surface area contributed by atoms with E-state index in [2.05, 4.69) is 18.7 Å². The summed E-state index contributed by atoms with van der Waals surface area (Å²) in [5.41, 5.74) is 2.06. The second kappa shape index (κ2) is 8.60. The van der Waals surface area contributed by atoms with Crippen LogP contribution in [0.15, 0.2) is 24.3 Å². The van der Waals surface area contributed by atoms with Crippen molar-refractivity contribution in [2.45, 2.75) is 58.5 Å². The van der Waals surface area contributed by atoms with Crippen molar-refractivity contribution < 1.29 is 9.53 Å². The summed E-state index contributed by atoms with van der Waals surface area (Å²) in [5, 5.41) is 0. The fourth-order valence-electron chi connectivity index (χ4n) is 3.57. The number of piperidine rings is 1. The van der Waals surface area contributed by atoms with Crippen molar-refractivity contribution in [1.82, 2.24) is 4.90 Å². The first-order valence-electron chi connectivity index (χ1n) is 9.05. The van der Waals surface area contributed by atoms with E-state index in [9.17, 15) is 4.79 Å². The van der Waals surface area contributed by atoms with Crippen LogP contribution in [-0.4, -0.2) is 42.5 Å². The minimum Gasteiger partial charge on any atom is -0.375 e. The summed E-state index contributed by atoms with van der Waals surface area (Å²) in [4.78, 5) is 14.8. The van der Waals surface area contributed by atoms with Gasteiger partial charge < -0.3 is 9.64 Å². The van der Waals surface area contributed by atoms with Crippen molar-refractivity contribution in [2.75, 3.05) is 26.2 Å². The summed E-state index contributed by atoms with van der Waals surface area (Å²) in [5.74, 6) is 0.275. The number of Topliss-reactive ketones (excluding diaryl/α,β-unsaturated/α-hetero) is 1. The van der Waals surface area contributed by atoms with E-state index in [4.69, 9.17) is 4.74 Å². The van der Waals surface area contributed by atoms with Crippen LogP contribution in [-0.2, 0) is 4.74 Å². The highest BCUT2D eigenvalue weighted by Gasteiger charge is 2.33. The third-order valence-corrected chi connectivity index (χ3v) is 5.19. The molecule has 0 radical (unpaired) electrons. The number of likely N-dealkylation sites (tertiary alicyclic amines) is 1. The lowest BCUT2D eigenvalue weighted by atomic mass is 9.88. The lowest BCUT2D eigenvalue weighted by molar-refractivity contribution is -0.0814. The third-order valence-electron chi connectivity index (χ3n) is 5.19. The van der Waals surface area contributed by atoms with Crippen LogP contribution in [0.2, 0.25) is 0 Å². The van der Waals surface area contributed by atoms with Crippen molar-refractivity contribution in [3.05, 3.63) is 35.4 Å². The molecular formula is C20H31NO2. The van der Waals surface area contributed by atoms with Gasteiger partial charge in [-0.3, -0.25) is 4.79 Å². The van der Waals surface area contributed by atoms with Gasteiger partial charge >= 0.3 is 0 Å². The molecule has 0 aliphatic carbocycles. The molecule has 1 fully saturated rings. The number of hydrogen-bond acceptors (Lipinski definition) is 3. The van der Waals surface area contributed by atoms with E-state index in [1.54, 1.807) is 0 Å². The number of rotatable bonds is 8. The van der Waals surface area contributed by atoms with Crippen LogP contribution in [0, 0.1) is 6.92 Å². The summed E-state index contributed by atoms with van der Waals surface area (Å²) in [6.45, 7) is 10.3. The monoisotopic (exact) mass is 317 g/mol. The fraction of sp³-hybridized carbons (Fsp3) is 0.650. The highest BCUT2D eigenvalue weighted by molar-refractivity contribution is 5.97. The maximum atomic E-state index is 12.3. The molecule has 1 aromatic rings. The van der Waals surface area contributed by atoms with Crippen LogP contribution in [0.5, 0.6) is 0 Å². The average molecular weight is 317 g/mol. The van der Waals surface area contributed by atoms with Gasteiger partial charge in [-0.25, -0.2) is 0 Å². The largest absolute Gasteiger partial charge is 0.375 e. The zero-order valence-corrected chi connectivity index (χ0v) is 14.9. The number of hydrogen-bond donors (Lipinski definition) is 0. The number of benzene rings is 1. The smallest absolute Gasteiger partial charge is 0.163 e. The zero-order chi connectivity index (χ0) is 16.7. The van der Waals surface area contributed by atoms with E-state index >= 15 is 0 Å². The van der Waals surface area contributed by atoms with Crippen molar-refractivity contribution in [3.63, 3.8) is 0 Å². The Bertz CT molecular complexity index is 504. The minimum atomic E-state index is 0.0994. The minimum absolute atomic E-state index is 0.0994. The van der Waals surface area contributed by atoms with Gasteiger partial charge in [0.1, 0.15) is 0 Å². The molecule has 2 rings (SSSR count). The van der Waals surface area contributed by atoms with E-state index in [-0.39, 0.29) is 11.4 Å². The van der Waals surface area contributed by atoms with E-state index < -0.39 is 0 Å². The number of ketones is 1. The summed E-state index contributed by atoms with van der Waals surface area (Å²) in [6.07, 6.45) is 4.92. The predicted octanol–water partition coefficient (Wildman–Crippen LogP) is 4.24. The Labute approximate surface area is 141 Å². The molecule has 23 heavy (non-hydrogen) atoms. The lowest BCUT2D eigenvalue weighted by Crippen LogP contribution is -2.46. The fourth-order valence-corrected chi connectivity index (χ4v) is 3.57. The molecule has 0 atom stereocenters. The van der Waals surface area contributed by atoms with Gasteiger partial charge in [0.05, 0.1) is 5.60 Å². The standard InChI is InChI=1S/C20H31NO2/c1-4-20(23-5-2)12-15-21(16-13-20)14-8-11-19(22)18-10-7-6-9-17(18)3/h6-7,9-10H,4-5,8,11-16H2,1-3H3. The van der Waals surface area contributed by atoms with Crippen LogP contribution in [0.25, 0.3) is 0 Å². The van der Waals surface area contributed by atoms with Gasteiger partial charge in [0.2, 0.25) is 0 Å². The Kier molecular flexibility index (Phi) is 6.79.